The SMILES string of the molecule is CN1CC2(CCCN(c3ccccc3S(=N)(=O)C(F)(F)F)C2)CC1=O. The van der Waals surface area contributed by atoms with Crippen molar-refractivity contribution in [2.75, 3.05) is 31.6 Å². The van der Waals surface area contributed by atoms with Crippen LogP contribution >= 0.6 is 0 Å². The fourth-order valence-electron chi connectivity index (χ4n) is 3.88. The summed E-state index contributed by atoms with van der Waals surface area (Å²) in [6, 6.07) is 5.55. The highest BCUT2D eigenvalue weighted by atomic mass is 32.2. The van der Waals surface area contributed by atoms with Gasteiger partial charge in [-0.15, -0.1) is 0 Å². The summed E-state index contributed by atoms with van der Waals surface area (Å²) in [5.74, 6) is 0.0368. The van der Waals surface area contributed by atoms with Crippen LogP contribution in [0.2, 0.25) is 0 Å². The number of anilines is 1. The number of hydrogen-bond acceptors (Lipinski definition) is 4. The highest BCUT2D eigenvalue weighted by Crippen LogP contribution is 2.43. The van der Waals surface area contributed by atoms with E-state index in [9.17, 15) is 22.2 Å². The normalized spacial score (nSPS) is 27.0. The Balaban J connectivity index is 1.97. The number of para-hydroxylation sites is 1. The first-order valence-corrected chi connectivity index (χ1v) is 9.55. The predicted molar refractivity (Wildman–Crippen MR) is 87.8 cm³/mol. The Morgan fingerprint density at radius 1 is 1.24 bits per heavy atom. The van der Waals surface area contributed by atoms with Crippen LogP contribution in [0.25, 0.3) is 0 Å². The number of halogens is 3. The zero-order chi connectivity index (χ0) is 18.5. The Morgan fingerprint density at radius 3 is 2.52 bits per heavy atom. The molecule has 2 heterocycles. The largest absolute Gasteiger partial charge is 0.483 e. The number of alkyl halides is 3. The van der Waals surface area contributed by atoms with Crippen molar-refractivity contribution in [2.24, 2.45) is 5.41 Å². The van der Waals surface area contributed by atoms with Gasteiger partial charge >= 0.3 is 5.51 Å². The Hall–Kier alpha value is -1.77. The summed E-state index contributed by atoms with van der Waals surface area (Å²) in [7, 11) is -3.21. The van der Waals surface area contributed by atoms with Crippen molar-refractivity contribution in [3.05, 3.63) is 24.3 Å². The van der Waals surface area contributed by atoms with Crippen molar-refractivity contribution in [1.82, 2.24) is 4.90 Å². The fraction of sp³-hybridized carbons (Fsp3) is 0.562. The molecule has 2 unspecified atom stereocenters. The quantitative estimate of drug-likeness (QED) is 0.864. The van der Waals surface area contributed by atoms with Gasteiger partial charge in [-0.2, -0.15) is 13.2 Å². The molecule has 1 amide bonds. The molecular weight excluding hydrogens is 355 g/mol. The van der Waals surface area contributed by atoms with E-state index >= 15 is 0 Å². The number of benzene rings is 1. The van der Waals surface area contributed by atoms with E-state index < -0.39 is 20.1 Å². The van der Waals surface area contributed by atoms with E-state index in [1.165, 1.54) is 12.1 Å². The lowest BCUT2D eigenvalue weighted by molar-refractivity contribution is -0.126. The molecule has 1 aromatic rings. The van der Waals surface area contributed by atoms with Crippen LogP contribution in [-0.4, -0.2) is 47.2 Å². The Morgan fingerprint density at radius 2 is 1.92 bits per heavy atom. The van der Waals surface area contributed by atoms with Crippen molar-refractivity contribution < 1.29 is 22.2 Å². The number of piperidine rings is 1. The van der Waals surface area contributed by atoms with Crippen molar-refractivity contribution in [1.29, 1.82) is 4.78 Å². The molecule has 1 N–H and O–H groups in total. The fourth-order valence-corrected chi connectivity index (χ4v) is 4.89. The molecule has 138 valence electrons. The maximum absolute atomic E-state index is 13.1. The van der Waals surface area contributed by atoms with E-state index in [4.69, 9.17) is 4.78 Å². The first-order chi connectivity index (χ1) is 11.6. The van der Waals surface area contributed by atoms with Gasteiger partial charge in [0.25, 0.3) is 0 Å². The number of nitrogens with zero attached hydrogens (tertiary/aromatic N) is 2. The molecule has 25 heavy (non-hydrogen) atoms. The smallest absolute Gasteiger partial charge is 0.370 e. The summed E-state index contributed by atoms with van der Waals surface area (Å²) in [5.41, 5.74) is -5.24. The van der Waals surface area contributed by atoms with Gasteiger partial charge in [-0.25, -0.2) is 8.99 Å². The van der Waals surface area contributed by atoms with Crippen LogP contribution in [0.3, 0.4) is 0 Å². The molecule has 2 aliphatic rings. The van der Waals surface area contributed by atoms with Crippen molar-refractivity contribution >= 4 is 21.3 Å². The monoisotopic (exact) mass is 375 g/mol. The van der Waals surface area contributed by atoms with Gasteiger partial charge in [-0.05, 0) is 25.0 Å². The van der Waals surface area contributed by atoms with Gasteiger partial charge in [-0.3, -0.25) is 4.79 Å². The molecule has 5 nitrogen and oxygen atoms in total. The molecule has 2 atom stereocenters. The summed E-state index contributed by atoms with van der Waals surface area (Å²) < 4.78 is 59.0. The lowest BCUT2D eigenvalue weighted by atomic mass is 9.79. The average molecular weight is 375 g/mol. The number of amides is 1. The Kier molecular flexibility index (Phi) is 4.25. The van der Waals surface area contributed by atoms with E-state index in [2.05, 4.69) is 0 Å². The van der Waals surface area contributed by atoms with Crippen molar-refractivity contribution in [3.63, 3.8) is 0 Å². The second-order valence-corrected chi connectivity index (χ2v) is 8.94. The van der Waals surface area contributed by atoms with Gasteiger partial charge in [0.05, 0.1) is 10.6 Å². The predicted octanol–water partition coefficient (Wildman–Crippen LogP) is 3.06. The summed E-state index contributed by atoms with van der Waals surface area (Å²) >= 11 is 0. The van der Waals surface area contributed by atoms with Gasteiger partial charge < -0.3 is 9.80 Å². The summed E-state index contributed by atoms with van der Waals surface area (Å²) in [4.78, 5) is 14.8. The molecule has 2 fully saturated rings. The maximum Gasteiger partial charge on any atom is 0.483 e. The summed E-state index contributed by atoms with van der Waals surface area (Å²) in [6.45, 7) is 1.51. The van der Waals surface area contributed by atoms with E-state index in [0.717, 1.165) is 18.9 Å². The van der Waals surface area contributed by atoms with E-state index in [1.807, 2.05) is 0 Å². The molecule has 0 radical (unpaired) electrons. The second-order valence-electron chi connectivity index (χ2n) is 6.92. The minimum Gasteiger partial charge on any atom is -0.370 e. The third-order valence-corrected chi connectivity index (χ3v) is 6.64. The van der Waals surface area contributed by atoms with Crippen LogP contribution in [0, 0.1) is 10.2 Å². The van der Waals surface area contributed by atoms with Crippen LogP contribution in [-0.2, 0) is 14.5 Å². The number of carbonyl (C=O) groups is 1. The van der Waals surface area contributed by atoms with Gasteiger partial charge in [0.15, 0.2) is 9.73 Å². The number of rotatable bonds is 2. The van der Waals surface area contributed by atoms with Crippen LogP contribution in [0.1, 0.15) is 19.3 Å². The first-order valence-electron chi connectivity index (χ1n) is 7.99. The molecule has 1 spiro atoms. The average Bonchev–Trinajstić information content (AvgIpc) is 2.79. The third-order valence-electron chi connectivity index (χ3n) is 5.03. The van der Waals surface area contributed by atoms with Gasteiger partial charge in [0.2, 0.25) is 5.91 Å². The number of carbonyl (C=O) groups excluding carboxylic acids is 1. The topological polar surface area (TPSA) is 64.5 Å². The zero-order valence-electron chi connectivity index (χ0n) is 13.8. The maximum atomic E-state index is 13.1. The second kappa shape index (κ2) is 5.89. The lowest BCUT2D eigenvalue weighted by Crippen LogP contribution is -2.45. The van der Waals surface area contributed by atoms with Crippen LogP contribution in [0.5, 0.6) is 0 Å². The molecular formula is C16H20F3N3O2S. The molecule has 0 bridgehead atoms. The Bertz CT molecular complexity index is 794. The van der Waals surface area contributed by atoms with Crippen molar-refractivity contribution in [3.8, 4) is 0 Å². The zero-order valence-corrected chi connectivity index (χ0v) is 14.6. The molecule has 2 aliphatic heterocycles. The first kappa shape index (κ1) is 18.0. The van der Waals surface area contributed by atoms with Gasteiger partial charge in [0.1, 0.15) is 0 Å². The molecule has 0 saturated carbocycles. The minimum atomic E-state index is -5.12. The third kappa shape index (κ3) is 3.09. The molecule has 1 aromatic carbocycles. The molecule has 2 saturated heterocycles. The van der Waals surface area contributed by atoms with E-state index in [1.54, 1.807) is 22.9 Å². The summed E-state index contributed by atoms with van der Waals surface area (Å²) in [5, 5.41) is 0. The highest BCUT2D eigenvalue weighted by molar-refractivity contribution is 7.93. The number of hydrogen-bond donors (Lipinski definition) is 1. The standard InChI is InChI=1S/C16H20F3N3O2S/c1-21-10-15(9-14(21)23)7-4-8-22(11-15)12-5-2-3-6-13(12)25(20,24)16(17,18)19/h2-3,5-6,20H,4,7-11H2,1H3. The van der Waals surface area contributed by atoms with Crippen LogP contribution in [0.15, 0.2) is 29.2 Å². The molecule has 0 aliphatic carbocycles. The number of nitrogens with one attached hydrogen (secondary N) is 1. The Labute approximate surface area is 144 Å². The van der Waals surface area contributed by atoms with Crippen LogP contribution in [0.4, 0.5) is 18.9 Å². The minimum absolute atomic E-state index is 0.0368. The lowest BCUT2D eigenvalue weighted by Gasteiger charge is -2.41. The van der Waals surface area contributed by atoms with Crippen LogP contribution < -0.4 is 4.90 Å². The number of likely N-dealkylation sites (tertiary alicyclic amines) is 1. The molecule has 3 rings (SSSR count). The van der Waals surface area contributed by atoms with Crippen molar-refractivity contribution in [2.45, 2.75) is 29.7 Å². The molecule has 0 aromatic heterocycles. The van der Waals surface area contributed by atoms with Gasteiger partial charge in [0, 0.05) is 38.5 Å². The van der Waals surface area contributed by atoms with E-state index in [0.29, 0.717) is 26.1 Å². The van der Waals surface area contributed by atoms with E-state index in [-0.39, 0.29) is 17.0 Å². The molecule has 9 heteroatoms. The van der Waals surface area contributed by atoms with Gasteiger partial charge in [-0.1, -0.05) is 12.1 Å². The summed E-state index contributed by atoms with van der Waals surface area (Å²) in [6.07, 6.45) is 1.94. The highest BCUT2D eigenvalue weighted by Gasteiger charge is 2.47.